The van der Waals surface area contributed by atoms with Crippen LogP contribution in [-0.2, 0) is 0 Å². The van der Waals surface area contributed by atoms with Crippen molar-refractivity contribution in [3.8, 4) is 5.75 Å². The highest BCUT2D eigenvalue weighted by molar-refractivity contribution is 5.75. The smallest absolute Gasteiger partial charge is 0.190 e. The number of hydrogen-bond donors (Lipinski definition) is 0. The fourth-order valence-corrected chi connectivity index (χ4v) is 1.51. The van der Waals surface area contributed by atoms with Gasteiger partial charge in [-0.3, -0.25) is 4.79 Å². The normalized spacial score (nSPS) is 10.6. The van der Waals surface area contributed by atoms with Crippen LogP contribution in [0.4, 0.5) is 8.78 Å². The summed E-state index contributed by atoms with van der Waals surface area (Å²) in [4.78, 5) is 10.4. The third kappa shape index (κ3) is 3.51. The van der Waals surface area contributed by atoms with Crippen molar-refractivity contribution < 1.29 is 18.3 Å². The quantitative estimate of drug-likeness (QED) is 0.712. The minimum absolute atomic E-state index is 0.0325. The molecule has 0 fully saturated rings. The third-order valence-electron chi connectivity index (χ3n) is 2.77. The summed E-state index contributed by atoms with van der Waals surface area (Å²) in [5.74, 6) is -1.79. The Hall–Kier alpha value is -1.45. The highest BCUT2D eigenvalue weighted by Gasteiger charge is 2.14. The van der Waals surface area contributed by atoms with Gasteiger partial charge >= 0.3 is 0 Å². The molecule has 0 bridgehead atoms. The van der Waals surface area contributed by atoms with E-state index in [2.05, 4.69) is 0 Å². The molecule has 0 heterocycles. The lowest BCUT2D eigenvalue weighted by atomic mass is 10.1. The summed E-state index contributed by atoms with van der Waals surface area (Å²) in [7, 11) is 0. The molecular formula is C13H16F2O2. The largest absolute Gasteiger partial charge is 0.487 e. The molecule has 0 N–H and O–H groups in total. The molecule has 0 saturated carbocycles. The van der Waals surface area contributed by atoms with Gasteiger partial charge < -0.3 is 4.74 Å². The van der Waals surface area contributed by atoms with Crippen LogP contribution < -0.4 is 4.74 Å². The van der Waals surface area contributed by atoms with Crippen molar-refractivity contribution in [2.75, 3.05) is 6.61 Å². The minimum atomic E-state index is -0.835. The molecule has 94 valence electrons. The van der Waals surface area contributed by atoms with E-state index in [9.17, 15) is 13.6 Å². The molecule has 2 nitrogen and oxygen atoms in total. The van der Waals surface area contributed by atoms with Crippen LogP contribution in [0, 0.1) is 17.6 Å². The summed E-state index contributed by atoms with van der Waals surface area (Å²) >= 11 is 0. The number of halogens is 2. The fraction of sp³-hybridized carbons (Fsp3) is 0.462. The minimum Gasteiger partial charge on any atom is -0.487 e. The van der Waals surface area contributed by atoms with E-state index in [1.165, 1.54) is 0 Å². The molecule has 0 aromatic heterocycles. The van der Waals surface area contributed by atoms with Crippen molar-refractivity contribution in [1.29, 1.82) is 0 Å². The predicted octanol–water partition coefficient (Wildman–Crippen LogP) is 3.59. The lowest BCUT2D eigenvalue weighted by Crippen LogP contribution is -2.12. The first-order valence-corrected chi connectivity index (χ1v) is 5.69. The van der Waals surface area contributed by atoms with Gasteiger partial charge in [0.15, 0.2) is 17.4 Å². The van der Waals surface area contributed by atoms with E-state index in [0.717, 1.165) is 25.0 Å². The molecular weight excluding hydrogens is 226 g/mol. The lowest BCUT2D eigenvalue weighted by molar-refractivity contribution is 0.112. The molecule has 1 aromatic carbocycles. The first kappa shape index (κ1) is 13.6. The Balaban J connectivity index is 2.81. The van der Waals surface area contributed by atoms with Crippen LogP contribution in [0.5, 0.6) is 5.75 Å². The third-order valence-corrected chi connectivity index (χ3v) is 2.77. The Morgan fingerprint density at radius 1 is 1.24 bits per heavy atom. The number of rotatable bonds is 6. The molecule has 0 saturated heterocycles. The summed E-state index contributed by atoms with van der Waals surface area (Å²) in [5, 5.41) is 0. The van der Waals surface area contributed by atoms with E-state index in [1.807, 2.05) is 13.8 Å². The molecule has 0 unspecified atom stereocenters. The van der Waals surface area contributed by atoms with Crippen LogP contribution in [0.15, 0.2) is 12.1 Å². The summed E-state index contributed by atoms with van der Waals surface area (Å²) in [6, 6.07) is 1.94. The number of ether oxygens (including phenoxy) is 1. The predicted molar refractivity (Wildman–Crippen MR) is 61.3 cm³/mol. The Labute approximate surface area is 99.6 Å². The average molecular weight is 242 g/mol. The van der Waals surface area contributed by atoms with Crippen molar-refractivity contribution in [3.63, 3.8) is 0 Å². The first-order valence-electron chi connectivity index (χ1n) is 5.69. The summed E-state index contributed by atoms with van der Waals surface area (Å²) in [5.41, 5.74) is -0.0325. The van der Waals surface area contributed by atoms with Crippen LogP contribution in [0.2, 0.25) is 0 Å². The van der Waals surface area contributed by atoms with Crippen molar-refractivity contribution in [2.45, 2.75) is 26.7 Å². The van der Waals surface area contributed by atoms with Gasteiger partial charge in [0.05, 0.1) is 6.61 Å². The summed E-state index contributed by atoms with van der Waals surface area (Å²) in [6.45, 7) is 4.28. The standard InChI is InChI=1S/C13H16F2O2/c1-3-9(4-2)8-17-13-11(14)5-10(7-16)6-12(13)15/h5-7,9H,3-4,8H2,1-2H3. The summed E-state index contributed by atoms with van der Waals surface area (Å²) in [6.07, 6.45) is 2.19. The molecule has 0 aliphatic carbocycles. The second-order valence-corrected chi connectivity index (χ2v) is 3.93. The molecule has 0 spiro atoms. The number of carbonyl (C=O) groups is 1. The molecule has 4 heteroatoms. The average Bonchev–Trinajstić information content (AvgIpc) is 2.32. The van der Waals surface area contributed by atoms with Gasteiger partial charge in [-0.05, 0) is 18.1 Å². The number of benzene rings is 1. The van der Waals surface area contributed by atoms with E-state index < -0.39 is 17.4 Å². The number of carbonyl (C=O) groups excluding carboxylic acids is 1. The van der Waals surface area contributed by atoms with Crippen LogP contribution in [-0.4, -0.2) is 12.9 Å². The van der Waals surface area contributed by atoms with Gasteiger partial charge in [-0.1, -0.05) is 26.7 Å². The monoisotopic (exact) mass is 242 g/mol. The van der Waals surface area contributed by atoms with Gasteiger partial charge in [-0.25, -0.2) is 8.78 Å². The van der Waals surface area contributed by atoms with Crippen molar-refractivity contribution in [2.24, 2.45) is 5.92 Å². The van der Waals surface area contributed by atoms with Crippen LogP contribution in [0.3, 0.4) is 0 Å². The van der Waals surface area contributed by atoms with Gasteiger partial charge in [-0.2, -0.15) is 0 Å². The molecule has 0 amide bonds. The zero-order valence-electron chi connectivity index (χ0n) is 10.0. The van der Waals surface area contributed by atoms with Crippen LogP contribution >= 0.6 is 0 Å². The van der Waals surface area contributed by atoms with E-state index in [0.29, 0.717) is 6.29 Å². The SMILES string of the molecule is CCC(CC)COc1c(F)cc(C=O)cc1F. The van der Waals surface area contributed by atoms with E-state index in [1.54, 1.807) is 0 Å². The van der Waals surface area contributed by atoms with Crippen molar-refractivity contribution in [1.82, 2.24) is 0 Å². The molecule has 0 atom stereocenters. The Kier molecular flexibility index (Phi) is 5.07. The topological polar surface area (TPSA) is 26.3 Å². The molecule has 0 aliphatic heterocycles. The summed E-state index contributed by atoms with van der Waals surface area (Å²) < 4.78 is 32.0. The zero-order valence-corrected chi connectivity index (χ0v) is 10.0. The Morgan fingerprint density at radius 3 is 2.18 bits per heavy atom. The number of hydrogen-bond acceptors (Lipinski definition) is 2. The first-order chi connectivity index (χ1) is 8.12. The lowest BCUT2D eigenvalue weighted by Gasteiger charge is -2.14. The Morgan fingerprint density at radius 2 is 1.76 bits per heavy atom. The molecule has 1 aromatic rings. The number of aldehydes is 1. The van der Waals surface area contributed by atoms with Crippen LogP contribution in [0.25, 0.3) is 0 Å². The molecule has 1 rings (SSSR count). The highest BCUT2D eigenvalue weighted by atomic mass is 19.1. The van der Waals surface area contributed by atoms with Gasteiger partial charge in [0.2, 0.25) is 0 Å². The van der Waals surface area contributed by atoms with Gasteiger partial charge in [0, 0.05) is 5.56 Å². The van der Waals surface area contributed by atoms with Gasteiger partial charge in [0.25, 0.3) is 0 Å². The molecule has 17 heavy (non-hydrogen) atoms. The fourth-order valence-electron chi connectivity index (χ4n) is 1.51. The molecule has 0 radical (unpaired) electrons. The van der Waals surface area contributed by atoms with Gasteiger partial charge in [-0.15, -0.1) is 0 Å². The van der Waals surface area contributed by atoms with Gasteiger partial charge in [0.1, 0.15) is 6.29 Å². The van der Waals surface area contributed by atoms with Crippen molar-refractivity contribution in [3.05, 3.63) is 29.3 Å². The Bertz CT molecular complexity index is 364. The van der Waals surface area contributed by atoms with Crippen LogP contribution in [0.1, 0.15) is 37.0 Å². The van der Waals surface area contributed by atoms with E-state index >= 15 is 0 Å². The highest BCUT2D eigenvalue weighted by Crippen LogP contribution is 2.24. The van der Waals surface area contributed by atoms with Crippen molar-refractivity contribution >= 4 is 6.29 Å². The zero-order chi connectivity index (χ0) is 12.8. The maximum atomic E-state index is 13.4. The maximum absolute atomic E-state index is 13.4. The second-order valence-electron chi connectivity index (χ2n) is 3.93. The van der Waals surface area contributed by atoms with E-state index in [-0.39, 0.29) is 18.1 Å². The molecule has 0 aliphatic rings. The maximum Gasteiger partial charge on any atom is 0.190 e. The van der Waals surface area contributed by atoms with E-state index in [4.69, 9.17) is 4.74 Å². The second kappa shape index (κ2) is 6.33.